The van der Waals surface area contributed by atoms with E-state index < -0.39 is 6.43 Å². The van der Waals surface area contributed by atoms with Crippen molar-refractivity contribution in [2.24, 2.45) is 11.8 Å². The van der Waals surface area contributed by atoms with Gasteiger partial charge in [0.2, 0.25) is 0 Å². The lowest BCUT2D eigenvalue weighted by Crippen LogP contribution is -2.35. The molecule has 2 atom stereocenters. The lowest BCUT2D eigenvalue weighted by atomic mass is 10.1. The van der Waals surface area contributed by atoms with Crippen molar-refractivity contribution in [1.29, 1.82) is 0 Å². The van der Waals surface area contributed by atoms with E-state index in [4.69, 9.17) is 0 Å². The van der Waals surface area contributed by atoms with Gasteiger partial charge in [-0.1, -0.05) is 31.9 Å². The molecule has 1 aliphatic heterocycles. The normalized spacial score (nSPS) is 37.6. The van der Waals surface area contributed by atoms with Gasteiger partial charge in [0.15, 0.2) is 0 Å². The van der Waals surface area contributed by atoms with Crippen LogP contribution in [-0.4, -0.2) is 34.2 Å². The first-order valence-corrected chi connectivity index (χ1v) is 5.98. The largest absolute Gasteiger partial charge is 0.297 e. The Morgan fingerprint density at radius 3 is 2.62 bits per heavy atom. The Hall–Kier alpha value is 0.780. The summed E-state index contributed by atoms with van der Waals surface area (Å²) in [7, 11) is 0. The predicted molar refractivity (Wildman–Crippen MR) is 54.6 cm³/mol. The molecule has 2 unspecified atom stereocenters. The Balaban J connectivity index is 1.86. The summed E-state index contributed by atoms with van der Waals surface area (Å²) >= 11 is 7.15. The molecule has 2 rings (SSSR count). The molecule has 0 radical (unpaired) electrons. The van der Waals surface area contributed by atoms with Gasteiger partial charge in [-0.2, -0.15) is 0 Å². The maximum absolute atomic E-state index is 12.1. The van der Waals surface area contributed by atoms with E-state index in [1.54, 1.807) is 0 Å². The summed E-state index contributed by atoms with van der Waals surface area (Å²) in [6.45, 7) is 1.54. The Labute approximate surface area is 93.1 Å². The van der Waals surface area contributed by atoms with Crippen LogP contribution < -0.4 is 0 Å². The Morgan fingerprint density at radius 2 is 2.08 bits per heavy atom. The quantitative estimate of drug-likeness (QED) is 0.708. The predicted octanol–water partition coefficient (Wildman–Crippen LogP) is 2.69. The van der Waals surface area contributed by atoms with E-state index in [1.807, 2.05) is 4.90 Å². The molecule has 0 bridgehead atoms. The Bertz CT molecular complexity index is 210. The van der Waals surface area contributed by atoms with Crippen LogP contribution in [0.2, 0.25) is 0 Å². The second-order valence-electron chi connectivity index (χ2n) is 3.83. The minimum absolute atomic E-state index is 0.0525. The van der Waals surface area contributed by atoms with Crippen LogP contribution >= 0.6 is 31.9 Å². The molecular formula is C8H11Br2F2N. The van der Waals surface area contributed by atoms with Gasteiger partial charge in [-0.05, 0) is 18.9 Å². The third kappa shape index (κ3) is 1.92. The molecule has 1 aliphatic carbocycles. The molecule has 1 nitrogen and oxygen atoms in total. The summed E-state index contributed by atoms with van der Waals surface area (Å²) in [5.41, 5.74) is 0. The molecule has 0 amide bonds. The minimum atomic E-state index is -2.20. The van der Waals surface area contributed by atoms with Gasteiger partial charge in [-0.25, -0.2) is 8.78 Å². The fraction of sp³-hybridized carbons (Fsp3) is 1.00. The zero-order valence-corrected chi connectivity index (χ0v) is 10.2. The minimum Gasteiger partial charge on any atom is -0.297 e. The summed E-state index contributed by atoms with van der Waals surface area (Å²) in [6.07, 6.45) is -1.18. The standard InChI is InChI=1S/C8H11Br2F2N/c9-8(10)5-1-2-13(3-6(5)8)4-7(11)12/h5-7H,1-4H2. The highest BCUT2D eigenvalue weighted by molar-refractivity contribution is 9.25. The van der Waals surface area contributed by atoms with Crippen molar-refractivity contribution in [3.63, 3.8) is 0 Å². The number of rotatable bonds is 2. The third-order valence-electron chi connectivity index (χ3n) is 2.97. The number of fused-ring (bicyclic) bond motifs is 1. The lowest BCUT2D eigenvalue weighted by molar-refractivity contribution is 0.0765. The van der Waals surface area contributed by atoms with Crippen LogP contribution in [-0.2, 0) is 0 Å². The number of piperidine rings is 1. The van der Waals surface area contributed by atoms with E-state index in [1.165, 1.54) is 0 Å². The van der Waals surface area contributed by atoms with Gasteiger partial charge in [0.05, 0.1) is 9.78 Å². The zero-order chi connectivity index (χ0) is 9.64. The van der Waals surface area contributed by atoms with Crippen molar-refractivity contribution >= 4 is 31.9 Å². The number of hydrogen-bond acceptors (Lipinski definition) is 1. The molecule has 0 aromatic heterocycles. The summed E-state index contributed by atoms with van der Waals surface area (Å²) in [5.74, 6) is 1.15. The van der Waals surface area contributed by atoms with E-state index >= 15 is 0 Å². The second-order valence-corrected chi connectivity index (χ2v) is 7.52. The van der Waals surface area contributed by atoms with Crippen molar-refractivity contribution in [1.82, 2.24) is 4.90 Å². The van der Waals surface area contributed by atoms with Gasteiger partial charge < -0.3 is 0 Å². The molecule has 5 heteroatoms. The number of likely N-dealkylation sites (tertiary alicyclic amines) is 1. The number of hydrogen-bond donors (Lipinski definition) is 0. The smallest absolute Gasteiger partial charge is 0.251 e. The van der Waals surface area contributed by atoms with Crippen LogP contribution in [0, 0.1) is 11.8 Å². The summed E-state index contributed by atoms with van der Waals surface area (Å²) in [4.78, 5) is 1.86. The molecule has 0 aromatic carbocycles. The van der Waals surface area contributed by atoms with E-state index in [0.29, 0.717) is 11.8 Å². The first-order chi connectivity index (χ1) is 6.01. The average molecular weight is 319 g/mol. The topological polar surface area (TPSA) is 3.24 Å². The van der Waals surface area contributed by atoms with Crippen molar-refractivity contribution in [2.75, 3.05) is 19.6 Å². The van der Waals surface area contributed by atoms with E-state index in [-0.39, 0.29) is 9.78 Å². The number of halogens is 4. The summed E-state index contributed by atoms with van der Waals surface area (Å²) < 4.78 is 24.2. The zero-order valence-electron chi connectivity index (χ0n) is 7.02. The van der Waals surface area contributed by atoms with Crippen LogP contribution in [0.3, 0.4) is 0 Å². The number of nitrogens with zero attached hydrogens (tertiary/aromatic N) is 1. The molecule has 13 heavy (non-hydrogen) atoms. The molecule has 76 valence electrons. The van der Waals surface area contributed by atoms with Crippen LogP contribution in [0.5, 0.6) is 0 Å². The highest BCUT2D eigenvalue weighted by Gasteiger charge is 2.63. The van der Waals surface area contributed by atoms with Gasteiger partial charge in [0.1, 0.15) is 0 Å². The van der Waals surface area contributed by atoms with Gasteiger partial charge >= 0.3 is 0 Å². The number of alkyl halides is 4. The molecule has 1 saturated carbocycles. The van der Waals surface area contributed by atoms with Crippen LogP contribution in [0.4, 0.5) is 8.78 Å². The fourth-order valence-corrected chi connectivity index (χ4v) is 3.91. The molecule has 0 aromatic rings. The molecular weight excluding hydrogens is 308 g/mol. The van der Waals surface area contributed by atoms with Gasteiger partial charge in [-0.3, -0.25) is 4.90 Å². The van der Waals surface area contributed by atoms with E-state index in [9.17, 15) is 8.78 Å². The van der Waals surface area contributed by atoms with E-state index in [0.717, 1.165) is 19.5 Å². The second kappa shape index (κ2) is 3.42. The van der Waals surface area contributed by atoms with Crippen LogP contribution in [0.25, 0.3) is 0 Å². The maximum atomic E-state index is 12.1. The molecule has 0 N–H and O–H groups in total. The van der Waals surface area contributed by atoms with Crippen molar-refractivity contribution in [3.8, 4) is 0 Å². The highest BCUT2D eigenvalue weighted by Crippen LogP contribution is 2.64. The molecule has 2 fully saturated rings. The molecule has 1 heterocycles. The van der Waals surface area contributed by atoms with Gasteiger partial charge in [0.25, 0.3) is 6.43 Å². The lowest BCUT2D eigenvalue weighted by Gasteiger charge is -2.24. The van der Waals surface area contributed by atoms with E-state index in [2.05, 4.69) is 31.9 Å². The van der Waals surface area contributed by atoms with Crippen molar-refractivity contribution < 1.29 is 8.78 Å². The van der Waals surface area contributed by atoms with Gasteiger partial charge in [0, 0.05) is 12.5 Å². The molecule has 0 spiro atoms. The highest BCUT2D eigenvalue weighted by atomic mass is 79.9. The van der Waals surface area contributed by atoms with Crippen molar-refractivity contribution in [3.05, 3.63) is 0 Å². The average Bonchev–Trinajstić information content (AvgIpc) is 2.53. The van der Waals surface area contributed by atoms with Crippen molar-refractivity contribution in [2.45, 2.75) is 16.1 Å². The Morgan fingerprint density at radius 1 is 1.38 bits per heavy atom. The SMILES string of the molecule is FC(F)CN1CCC2C(C1)C2(Br)Br. The fourth-order valence-electron chi connectivity index (χ4n) is 2.16. The summed E-state index contributed by atoms with van der Waals surface area (Å²) in [6, 6.07) is 0. The first kappa shape index (κ1) is 10.3. The molecule has 1 saturated heterocycles. The van der Waals surface area contributed by atoms with Crippen LogP contribution in [0.1, 0.15) is 6.42 Å². The molecule has 2 aliphatic rings. The third-order valence-corrected chi connectivity index (χ3v) is 5.33. The Kier molecular flexibility index (Phi) is 2.71. The maximum Gasteiger partial charge on any atom is 0.251 e. The summed E-state index contributed by atoms with van der Waals surface area (Å²) in [5, 5.41) is 0. The first-order valence-electron chi connectivity index (χ1n) is 4.40. The van der Waals surface area contributed by atoms with Gasteiger partial charge in [-0.15, -0.1) is 0 Å². The van der Waals surface area contributed by atoms with Crippen LogP contribution in [0.15, 0.2) is 0 Å². The monoisotopic (exact) mass is 317 g/mol.